The molecule has 2 rings (SSSR count). The van der Waals surface area contributed by atoms with Crippen molar-refractivity contribution in [2.75, 3.05) is 31.7 Å². The molecular formula is C14H20ClNO2. The first-order valence-corrected chi connectivity index (χ1v) is 7.00. The van der Waals surface area contributed by atoms with Crippen LogP contribution < -0.4 is 10.1 Å². The van der Waals surface area contributed by atoms with Gasteiger partial charge in [0.25, 0.3) is 0 Å². The summed E-state index contributed by atoms with van der Waals surface area (Å²) in [5.74, 6) is 1.97. The van der Waals surface area contributed by atoms with Crippen molar-refractivity contribution in [1.82, 2.24) is 0 Å². The zero-order valence-electron chi connectivity index (χ0n) is 10.7. The van der Waals surface area contributed by atoms with E-state index >= 15 is 0 Å². The van der Waals surface area contributed by atoms with Gasteiger partial charge >= 0.3 is 0 Å². The van der Waals surface area contributed by atoms with E-state index in [2.05, 4.69) is 11.4 Å². The molecule has 1 saturated heterocycles. The minimum atomic E-state index is 0.470. The Bertz CT molecular complexity index is 378. The minimum Gasteiger partial charge on any atom is -0.494 e. The van der Waals surface area contributed by atoms with Crippen molar-refractivity contribution in [2.45, 2.75) is 19.2 Å². The van der Waals surface area contributed by atoms with Gasteiger partial charge in [0.05, 0.1) is 19.1 Å². The average molecular weight is 270 g/mol. The third-order valence-electron chi connectivity index (χ3n) is 3.12. The number of rotatable bonds is 6. The predicted molar refractivity (Wildman–Crippen MR) is 74.6 cm³/mol. The highest BCUT2D eigenvalue weighted by atomic mass is 35.5. The Morgan fingerprint density at radius 1 is 1.50 bits per heavy atom. The van der Waals surface area contributed by atoms with Crippen molar-refractivity contribution in [1.29, 1.82) is 0 Å². The average Bonchev–Trinajstić information content (AvgIpc) is 2.91. The first-order valence-electron chi connectivity index (χ1n) is 6.46. The van der Waals surface area contributed by atoms with E-state index in [1.165, 1.54) is 0 Å². The molecule has 0 aliphatic carbocycles. The second-order valence-corrected chi connectivity index (χ2v) is 4.77. The predicted octanol–water partition coefficient (Wildman–Crippen LogP) is 3.27. The number of hydrogen-bond donors (Lipinski definition) is 1. The van der Waals surface area contributed by atoms with Gasteiger partial charge < -0.3 is 14.8 Å². The Morgan fingerprint density at radius 2 is 2.39 bits per heavy atom. The summed E-state index contributed by atoms with van der Waals surface area (Å²) >= 11 is 5.94. The van der Waals surface area contributed by atoms with E-state index in [1.807, 2.05) is 19.1 Å². The molecule has 4 heteroatoms. The summed E-state index contributed by atoms with van der Waals surface area (Å²) in [5.41, 5.74) is 2.13. The minimum absolute atomic E-state index is 0.470. The molecule has 0 bridgehead atoms. The maximum absolute atomic E-state index is 5.94. The van der Waals surface area contributed by atoms with Crippen molar-refractivity contribution >= 4 is 17.3 Å². The summed E-state index contributed by atoms with van der Waals surface area (Å²) in [6.45, 7) is 5.35. The van der Waals surface area contributed by atoms with Gasteiger partial charge in [-0.25, -0.2) is 0 Å². The summed E-state index contributed by atoms with van der Waals surface area (Å²) in [6, 6.07) is 6.08. The molecule has 1 aromatic carbocycles. The molecule has 1 aromatic rings. The standard InChI is InChI=1S/C14H20ClNO2/c1-2-18-14-4-3-13(7-12(14)8-15)16-9-11-5-6-17-10-11/h3-4,7,11,16H,2,5-6,8-10H2,1H3. The molecule has 0 saturated carbocycles. The lowest BCUT2D eigenvalue weighted by Gasteiger charge is -2.13. The van der Waals surface area contributed by atoms with E-state index < -0.39 is 0 Å². The molecule has 1 N–H and O–H groups in total. The van der Waals surface area contributed by atoms with E-state index in [1.54, 1.807) is 0 Å². The first kappa shape index (κ1) is 13.5. The summed E-state index contributed by atoms with van der Waals surface area (Å²) in [5, 5.41) is 3.44. The number of ether oxygens (including phenoxy) is 2. The van der Waals surface area contributed by atoms with Gasteiger partial charge in [0.1, 0.15) is 5.75 Å². The van der Waals surface area contributed by atoms with Crippen LogP contribution in [0.15, 0.2) is 18.2 Å². The zero-order chi connectivity index (χ0) is 12.8. The third-order valence-corrected chi connectivity index (χ3v) is 3.41. The normalized spacial score (nSPS) is 18.9. The number of anilines is 1. The van der Waals surface area contributed by atoms with Gasteiger partial charge in [-0.3, -0.25) is 0 Å². The molecule has 1 unspecified atom stereocenters. The Labute approximate surface area is 113 Å². The Kier molecular flexibility index (Phi) is 5.14. The molecule has 0 aromatic heterocycles. The van der Waals surface area contributed by atoms with Crippen molar-refractivity contribution in [3.63, 3.8) is 0 Å². The number of alkyl halides is 1. The molecule has 1 fully saturated rings. The highest BCUT2D eigenvalue weighted by molar-refractivity contribution is 6.17. The lowest BCUT2D eigenvalue weighted by molar-refractivity contribution is 0.187. The van der Waals surface area contributed by atoms with Crippen LogP contribution in [0.4, 0.5) is 5.69 Å². The summed E-state index contributed by atoms with van der Waals surface area (Å²) in [4.78, 5) is 0. The molecule has 0 radical (unpaired) electrons. The van der Waals surface area contributed by atoms with Crippen molar-refractivity contribution in [2.24, 2.45) is 5.92 Å². The van der Waals surface area contributed by atoms with Gasteiger partial charge in [-0.2, -0.15) is 0 Å². The molecular weight excluding hydrogens is 250 g/mol. The number of benzene rings is 1. The molecule has 0 spiro atoms. The number of hydrogen-bond acceptors (Lipinski definition) is 3. The molecule has 1 heterocycles. The maximum Gasteiger partial charge on any atom is 0.123 e. The van der Waals surface area contributed by atoms with E-state index in [-0.39, 0.29) is 0 Å². The molecule has 0 amide bonds. The highest BCUT2D eigenvalue weighted by Crippen LogP contribution is 2.25. The van der Waals surface area contributed by atoms with Crippen LogP contribution in [0, 0.1) is 5.92 Å². The lowest BCUT2D eigenvalue weighted by atomic mass is 10.1. The molecule has 100 valence electrons. The topological polar surface area (TPSA) is 30.5 Å². The van der Waals surface area contributed by atoms with Crippen LogP contribution in [0.2, 0.25) is 0 Å². The van der Waals surface area contributed by atoms with Crippen LogP contribution in [-0.2, 0) is 10.6 Å². The maximum atomic E-state index is 5.94. The Balaban J connectivity index is 1.95. The van der Waals surface area contributed by atoms with Crippen LogP contribution in [-0.4, -0.2) is 26.4 Å². The highest BCUT2D eigenvalue weighted by Gasteiger charge is 2.15. The Morgan fingerprint density at radius 3 is 3.06 bits per heavy atom. The second kappa shape index (κ2) is 6.86. The van der Waals surface area contributed by atoms with Crippen LogP contribution in [0.25, 0.3) is 0 Å². The van der Waals surface area contributed by atoms with Crippen LogP contribution in [0.5, 0.6) is 5.75 Å². The van der Waals surface area contributed by atoms with Gasteiger partial charge in [-0.1, -0.05) is 0 Å². The first-order chi connectivity index (χ1) is 8.83. The van der Waals surface area contributed by atoms with Crippen LogP contribution >= 0.6 is 11.6 Å². The monoisotopic (exact) mass is 269 g/mol. The fourth-order valence-corrected chi connectivity index (χ4v) is 2.31. The fraction of sp³-hybridized carbons (Fsp3) is 0.571. The van der Waals surface area contributed by atoms with Gasteiger partial charge in [0.15, 0.2) is 0 Å². The van der Waals surface area contributed by atoms with E-state index in [0.717, 1.165) is 43.2 Å². The van der Waals surface area contributed by atoms with Crippen LogP contribution in [0.1, 0.15) is 18.9 Å². The molecule has 18 heavy (non-hydrogen) atoms. The van der Waals surface area contributed by atoms with Gasteiger partial charge in [0, 0.05) is 30.3 Å². The van der Waals surface area contributed by atoms with Crippen molar-refractivity contribution in [3.05, 3.63) is 23.8 Å². The van der Waals surface area contributed by atoms with Crippen molar-refractivity contribution in [3.8, 4) is 5.75 Å². The molecule has 1 aliphatic rings. The van der Waals surface area contributed by atoms with E-state index in [9.17, 15) is 0 Å². The molecule has 1 aliphatic heterocycles. The quantitative estimate of drug-likeness (QED) is 0.804. The molecule has 1 atom stereocenters. The fourth-order valence-electron chi connectivity index (χ4n) is 2.10. The smallest absolute Gasteiger partial charge is 0.123 e. The Hall–Kier alpha value is -0.930. The SMILES string of the molecule is CCOc1ccc(NCC2CCOC2)cc1CCl. The van der Waals surface area contributed by atoms with Crippen molar-refractivity contribution < 1.29 is 9.47 Å². The lowest BCUT2D eigenvalue weighted by Crippen LogP contribution is -2.14. The van der Waals surface area contributed by atoms with E-state index in [0.29, 0.717) is 18.4 Å². The van der Waals surface area contributed by atoms with Gasteiger partial charge in [-0.05, 0) is 31.5 Å². The van der Waals surface area contributed by atoms with Gasteiger partial charge in [0.2, 0.25) is 0 Å². The number of nitrogens with one attached hydrogen (secondary N) is 1. The van der Waals surface area contributed by atoms with Crippen LogP contribution in [0.3, 0.4) is 0 Å². The van der Waals surface area contributed by atoms with Gasteiger partial charge in [-0.15, -0.1) is 11.6 Å². The molecule has 3 nitrogen and oxygen atoms in total. The number of halogens is 1. The summed E-state index contributed by atoms with van der Waals surface area (Å²) in [7, 11) is 0. The summed E-state index contributed by atoms with van der Waals surface area (Å²) < 4.78 is 10.9. The van der Waals surface area contributed by atoms with E-state index in [4.69, 9.17) is 21.1 Å². The summed E-state index contributed by atoms with van der Waals surface area (Å²) in [6.07, 6.45) is 1.15. The largest absolute Gasteiger partial charge is 0.494 e. The zero-order valence-corrected chi connectivity index (χ0v) is 11.5. The third kappa shape index (κ3) is 3.53. The second-order valence-electron chi connectivity index (χ2n) is 4.50.